The molecule has 0 atom stereocenters. The number of aryl methyl sites for hydroxylation is 1. The zero-order chi connectivity index (χ0) is 49.5. The van der Waals surface area contributed by atoms with Crippen LogP contribution >= 0.6 is 0 Å². The van der Waals surface area contributed by atoms with Crippen LogP contribution in [-0.4, -0.2) is 70.3 Å². The number of rotatable bonds is 0. The molecule has 6 heteroatoms. The summed E-state index contributed by atoms with van der Waals surface area (Å²) in [6.45, 7) is 42.7. The number of para-hydroxylation sites is 4. The molecule has 6 nitrogen and oxygen atoms in total. The van der Waals surface area contributed by atoms with Gasteiger partial charge < -0.3 is 19.4 Å². The van der Waals surface area contributed by atoms with E-state index in [0.717, 1.165) is 38.5 Å². The van der Waals surface area contributed by atoms with Gasteiger partial charge in [0.2, 0.25) is 0 Å². The first kappa shape index (κ1) is 52.6. The lowest BCUT2D eigenvalue weighted by atomic mass is 9.95. The van der Waals surface area contributed by atoms with Crippen LogP contribution in [0.5, 0.6) is 5.75 Å². The molecule has 0 amide bonds. The van der Waals surface area contributed by atoms with Gasteiger partial charge in [0.15, 0.2) is 0 Å². The minimum Gasteiger partial charge on any atom is -0.490 e. The van der Waals surface area contributed by atoms with Crippen LogP contribution in [0.4, 0.5) is 17.1 Å². The molecule has 5 aliphatic heterocycles. The highest BCUT2D eigenvalue weighted by Crippen LogP contribution is 2.36. The Morgan fingerprint density at radius 3 is 1.19 bits per heavy atom. The van der Waals surface area contributed by atoms with Gasteiger partial charge in [-0.25, -0.2) is 0 Å². The summed E-state index contributed by atoms with van der Waals surface area (Å²) in [6.07, 6.45) is 4.93. The molecule has 5 aromatic rings. The maximum Gasteiger partial charge on any atom is 0.142 e. The summed E-state index contributed by atoms with van der Waals surface area (Å²) in [5.74, 6) is 1.01. The molecule has 0 fully saturated rings. The molecule has 10 rings (SSSR count). The predicted octanol–water partition coefficient (Wildman–Crippen LogP) is 14.4. The molecule has 0 saturated heterocycles. The van der Waals surface area contributed by atoms with E-state index in [4.69, 9.17) is 4.74 Å². The molecule has 5 heterocycles. The van der Waals surface area contributed by atoms with E-state index in [1.807, 2.05) is 12.1 Å². The van der Waals surface area contributed by atoms with E-state index < -0.39 is 0 Å². The van der Waals surface area contributed by atoms with Crippen LogP contribution in [0.25, 0.3) is 0 Å². The lowest BCUT2D eigenvalue weighted by Gasteiger charge is -2.41. The number of nitrogens with zero attached hydrogens (tertiary/aromatic N) is 5. The van der Waals surface area contributed by atoms with Crippen molar-refractivity contribution >= 4 is 17.1 Å². The van der Waals surface area contributed by atoms with Gasteiger partial charge in [-0.2, -0.15) is 0 Å². The van der Waals surface area contributed by atoms with Gasteiger partial charge in [0.1, 0.15) is 12.4 Å². The van der Waals surface area contributed by atoms with Gasteiger partial charge in [-0.1, -0.05) is 97.1 Å². The molecule has 5 aromatic carbocycles. The quantitative estimate of drug-likeness (QED) is 0.154. The van der Waals surface area contributed by atoms with Crippen molar-refractivity contribution in [3.8, 4) is 5.75 Å². The Morgan fingerprint density at radius 2 is 0.691 bits per heavy atom. The van der Waals surface area contributed by atoms with Crippen molar-refractivity contribution in [2.24, 2.45) is 0 Å². The van der Waals surface area contributed by atoms with E-state index in [1.54, 1.807) is 0 Å². The summed E-state index contributed by atoms with van der Waals surface area (Å²) in [5, 5.41) is 0. The lowest BCUT2D eigenvalue weighted by Crippen LogP contribution is -2.46. The molecule has 0 unspecified atom stereocenters. The predicted molar refractivity (Wildman–Crippen MR) is 294 cm³/mol. The molecule has 0 bridgehead atoms. The van der Waals surface area contributed by atoms with Crippen molar-refractivity contribution in [2.75, 3.05) is 47.5 Å². The fraction of sp³-hybridized carbons (Fsp3) is 0.516. The van der Waals surface area contributed by atoms with Crippen LogP contribution < -0.4 is 19.4 Å². The highest BCUT2D eigenvalue weighted by molar-refractivity contribution is 5.61. The summed E-state index contributed by atoms with van der Waals surface area (Å²) in [6, 6.07) is 43.3. The van der Waals surface area contributed by atoms with Gasteiger partial charge in [-0.15, -0.1) is 0 Å². The first-order valence-corrected chi connectivity index (χ1v) is 25.8. The lowest BCUT2D eigenvalue weighted by molar-refractivity contribution is 0.121. The van der Waals surface area contributed by atoms with Gasteiger partial charge in [0.25, 0.3) is 0 Å². The van der Waals surface area contributed by atoms with Crippen LogP contribution in [0, 0.1) is 0 Å². The Labute approximate surface area is 414 Å². The van der Waals surface area contributed by atoms with E-state index in [0.29, 0.717) is 11.1 Å². The Morgan fingerprint density at radius 1 is 0.324 bits per heavy atom. The second-order valence-corrected chi connectivity index (χ2v) is 24.3. The minimum atomic E-state index is 0.167. The highest BCUT2D eigenvalue weighted by atomic mass is 16.5. The Balaban J connectivity index is 0.000000140. The summed E-state index contributed by atoms with van der Waals surface area (Å²) in [4.78, 5) is 12.5. The zero-order valence-corrected chi connectivity index (χ0v) is 45.2. The third-order valence-electron chi connectivity index (χ3n) is 14.0. The Bertz CT molecular complexity index is 2270. The molecule has 0 aromatic heterocycles. The molecule has 0 radical (unpaired) electrons. The number of benzene rings is 5. The van der Waals surface area contributed by atoms with E-state index >= 15 is 0 Å². The zero-order valence-electron chi connectivity index (χ0n) is 45.2. The second kappa shape index (κ2) is 21.9. The molecular weight excluding hydrogens is 831 g/mol. The monoisotopic (exact) mass is 920 g/mol. The first-order chi connectivity index (χ1) is 31.9. The number of fused-ring (bicyclic) bond motifs is 5. The number of hydrogen-bond acceptors (Lipinski definition) is 6. The Hall–Kier alpha value is -4.78. The average Bonchev–Trinajstić information content (AvgIpc) is 3.95. The largest absolute Gasteiger partial charge is 0.490 e. The molecule has 0 N–H and O–H groups in total. The number of anilines is 3. The van der Waals surface area contributed by atoms with Gasteiger partial charge >= 0.3 is 0 Å². The van der Waals surface area contributed by atoms with Crippen LogP contribution in [0.15, 0.2) is 121 Å². The van der Waals surface area contributed by atoms with Crippen molar-refractivity contribution in [3.05, 3.63) is 155 Å². The highest BCUT2D eigenvalue weighted by Gasteiger charge is 2.30. The van der Waals surface area contributed by atoms with Crippen molar-refractivity contribution in [1.82, 2.24) is 9.80 Å². The SMILES string of the molecule is CC(C)(C)N1CCCc2ccccc21.CC(C)(C)N1CCOc2ccccc21.CC(C)(C)N1CCc2ccccc21.CC(C)(C)N1CCc2ccccc2C1.CC(C)(C)N1Cc2ccccc2C1. The van der Waals surface area contributed by atoms with Gasteiger partial charge in [-0.3, -0.25) is 9.80 Å². The average molecular weight is 920 g/mol. The van der Waals surface area contributed by atoms with Crippen molar-refractivity contribution in [1.29, 1.82) is 0 Å². The second-order valence-electron chi connectivity index (χ2n) is 24.3. The summed E-state index contributed by atoms with van der Waals surface area (Å²) >= 11 is 0. The summed E-state index contributed by atoms with van der Waals surface area (Å²) < 4.78 is 5.61. The molecule has 68 heavy (non-hydrogen) atoms. The minimum absolute atomic E-state index is 0.167. The smallest absolute Gasteiger partial charge is 0.142 e. The van der Waals surface area contributed by atoms with Crippen molar-refractivity contribution in [2.45, 2.75) is 177 Å². The molecule has 0 saturated carbocycles. The fourth-order valence-electron chi connectivity index (χ4n) is 10.0. The van der Waals surface area contributed by atoms with Gasteiger partial charge in [-0.05, 0) is 187 Å². The number of ether oxygens (including phenoxy) is 1. The summed E-state index contributed by atoms with van der Waals surface area (Å²) in [7, 11) is 0. The van der Waals surface area contributed by atoms with Crippen LogP contribution in [-0.2, 0) is 38.9 Å². The topological polar surface area (TPSA) is 25.4 Å². The van der Waals surface area contributed by atoms with E-state index in [-0.39, 0.29) is 16.6 Å². The van der Waals surface area contributed by atoms with E-state index in [1.165, 1.54) is 95.8 Å². The van der Waals surface area contributed by atoms with Gasteiger partial charge in [0, 0.05) is 78.3 Å². The van der Waals surface area contributed by atoms with E-state index in [9.17, 15) is 0 Å². The van der Waals surface area contributed by atoms with Crippen LogP contribution in [0.1, 0.15) is 144 Å². The third-order valence-corrected chi connectivity index (χ3v) is 14.0. The molecule has 5 aliphatic rings. The van der Waals surface area contributed by atoms with Crippen LogP contribution in [0.3, 0.4) is 0 Å². The third kappa shape index (κ3) is 13.9. The normalized spacial score (nSPS) is 16.8. The Kier molecular flexibility index (Phi) is 16.9. The molecule has 0 spiro atoms. The molecular formula is C62H89N5O. The fourth-order valence-corrected chi connectivity index (χ4v) is 10.0. The standard InChI is InChI=1S/2C13H19N.C12H17NO.2C12H17N/c1-13(2,3)14-10-6-8-11-7-4-5-9-12(11)14;1-13(2,3)14-9-8-11-6-4-5-7-12(11)10-14;1-12(2,3)13-8-9-14-11-7-5-4-6-10(11)13;1-12(2,3)13-8-10-6-4-5-7-11(10)9-13;1-12(2,3)13-9-8-10-6-4-5-7-11(10)13/h4-5,7,9H,6,8,10H2,1-3H3;4-7H,8-10H2,1-3H3;4-7H,8-9H2,1-3H3;2*4-7H,8-9H2,1-3H3. The van der Waals surface area contributed by atoms with Gasteiger partial charge in [0.05, 0.1) is 12.2 Å². The maximum atomic E-state index is 5.61. The van der Waals surface area contributed by atoms with Crippen LogP contribution in [0.2, 0.25) is 0 Å². The van der Waals surface area contributed by atoms with E-state index in [2.05, 4.69) is 238 Å². The number of hydrogen-bond donors (Lipinski definition) is 0. The maximum absolute atomic E-state index is 5.61. The molecule has 368 valence electrons. The summed E-state index contributed by atoms with van der Waals surface area (Å²) in [5.41, 5.74) is 14.4. The first-order valence-electron chi connectivity index (χ1n) is 25.8. The van der Waals surface area contributed by atoms with Crippen molar-refractivity contribution < 1.29 is 4.74 Å². The molecule has 0 aliphatic carbocycles. The van der Waals surface area contributed by atoms with Crippen molar-refractivity contribution in [3.63, 3.8) is 0 Å².